The van der Waals surface area contributed by atoms with Crippen LogP contribution in [0.4, 0.5) is 18.9 Å². The number of halogens is 3. The molecule has 0 radical (unpaired) electrons. The molecular formula is C15H19F3N2O3. The Bertz CT molecular complexity index is 541. The van der Waals surface area contributed by atoms with Crippen molar-refractivity contribution in [2.24, 2.45) is 0 Å². The Balaban J connectivity index is 2.06. The van der Waals surface area contributed by atoms with Gasteiger partial charge in [0, 0.05) is 42.9 Å². The maximum atomic E-state index is 12.5. The van der Waals surface area contributed by atoms with Crippen molar-refractivity contribution in [3.63, 3.8) is 0 Å². The Morgan fingerprint density at radius 2 is 1.83 bits per heavy atom. The third-order valence-corrected chi connectivity index (χ3v) is 3.59. The van der Waals surface area contributed by atoms with Crippen LogP contribution in [0.1, 0.15) is 12.8 Å². The molecule has 8 heteroatoms. The number of nitrogens with zero attached hydrogens (tertiary/aromatic N) is 1. The molecule has 2 rings (SSSR count). The minimum atomic E-state index is -4.39. The van der Waals surface area contributed by atoms with Gasteiger partial charge < -0.3 is 19.7 Å². The van der Waals surface area contributed by atoms with Gasteiger partial charge in [-0.05, 0) is 6.42 Å². The van der Waals surface area contributed by atoms with Crippen LogP contribution in [0.5, 0.6) is 11.5 Å². The quantitative estimate of drug-likeness (QED) is 0.901. The Labute approximate surface area is 132 Å². The van der Waals surface area contributed by atoms with Crippen molar-refractivity contribution >= 4 is 11.6 Å². The Kier molecular flexibility index (Phi) is 5.23. The van der Waals surface area contributed by atoms with Crippen LogP contribution in [0.3, 0.4) is 0 Å². The average Bonchev–Trinajstić information content (AvgIpc) is 2.48. The van der Waals surface area contributed by atoms with Crippen LogP contribution >= 0.6 is 0 Å². The molecule has 1 amide bonds. The lowest BCUT2D eigenvalue weighted by molar-refractivity contribution is -0.163. The number of piperidine rings is 1. The van der Waals surface area contributed by atoms with Gasteiger partial charge in [0.25, 0.3) is 0 Å². The number of benzene rings is 1. The Morgan fingerprint density at radius 1 is 1.22 bits per heavy atom. The fourth-order valence-electron chi connectivity index (χ4n) is 2.53. The summed E-state index contributed by atoms with van der Waals surface area (Å²) in [7, 11) is 3.03. The van der Waals surface area contributed by atoms with Gasteiger partial charge in [-0.15, -0.1) is 0 Å². The molecule has 23 heavy (non-hydrogen) atoms. The number of nitrogens with one attached hydrogen (secondary N) is 1. The van der Waals surface area contributed by atoms with E-state index in [1.165, 1.54) is 14.2 Å². The Hall–Kier alpha value is -2.12. The van der Waals surface area contributed by atoms with E-state index in [1.54, 1.807) is 18.2 Å². The van der Waals surface area contributed by atoms with Crippen LogP contribution in [0.15, 0.2) is 18.2 Å². The molecule has 0 spiro atoms. The number of anilines is 1. The number of hydrogen-bond acceptors (Lipinski definition) is 4. The normalized spacial score (nSPS) is 18.7. The van der Waals surface area contributed by atoms with E-state index in [9.17, 15) is 18.0 Å². The van der Waals surface area contributed by atoms with E-state index < -0.39 is 18.6 Å². The molecule has 0 aromatic heterocycles. The molecule has 1 aliphatic rings. The molecular weight excluding hydrogens is 313 g/mol. The molecule has 1 unspecified atom stereocenters. The number of methoxy groups -OCH3 is 2. The lowest BCUT2D eigenvalue weighted by Gasteiger charge is -2.34. The zero-order chi connectivity index (χ0) is 17.0. The second-order valence-electron chi connectivity index (χ2n) is 5.37. The summed E-state index contributed by atoms with van der Waals surface area (Å²) in [6, 6.07) is 4.90. The number of alkyl halides is 3. The molecule has 1 heterocycles. The summed E-state index contributed by atoms with van der Waals surface area (Å²) >= 11 is 0. The number of rotatable bonds is 5. The lowest BCUT2D eigenvalue weighted by atomic mass is 10.0. The first-order valence-corrected chi connectivity index (χ1v) is 7.15. The van der Waals surface area contributed by atoms with Crippen molar-refractivity contribution in [3.05, 3.63) is 18.2 Å². The van der Waals surface area contributed by atoms with Gasteiger partial charge >= 0.3 is 6.18 Å². The van der Waals surface area contributed by atoms with Gasteiger partial charge in [0.2, 0.25) is 5.91 Å². The van der Waals surface area contributed by atoms with E-state index in [0.29, 0.717) is 23.6 Å². The topological polar surface area (TPSA) is 50.8 Å². The fourth-order valence-corrected chi connectivity index (χ4v) is 2.53. The van der Waals surface area contributed by atoms with E-state index in [4.69, 9.17) is 9.47 Å². The number of hydrogen-bond donors (Lipinski definition) is 1. The molecule has 1 aromatic carbocycles. The minimum Gasteiger partial charge on any atom is -0.497 e. The fraction of sp³-hybridized carbons (Fsp3) is 0.533. The minimum absolute atomic E-state index is 0.0118. The molecule has 0 bridgehead atoms. The monoisotopic (exact) mass is 332 g/mol. The highest BCUT2D eigenvalue weighted by atomic mass is 19.4. The summed E-state index contributed by atoms with van der Waals surface area (Å²) in [6.07, 6.45) is -3.82. The van der Waals surface area contributed by atoms with Crippen molar-refractivity contribution in [2.45, 2.75) is 25.1 Å². The molecule has 1 aromatic rings. The highest BCUT2D eigenvalue weighted by Gasteiger charge is 2.36. The second-order valence-corrected chi connectivity index (χ2v) is 5.37. The number of carbonyl (C=O) groups excluding carboxylic acids is 1. The van der Waals surface area contributed by atoms with Gasteiger partial charge in [-0.3, -0.25) is 4.79 Å². The zero-order valence-corrected chi connectivity index (χ0v) is 12.9. The molecule has 1 fully saturated rings. The standard InChI is InChI=1S/C15H19F3N2O3/c1-22-12-5-11(6-13(7-12)23-2)19-10-3-4-14(21)20(8-10)9-15(16,17)18/h5-7,10,19H,3-4,8-9H2,1-2H3. The van der Waals surface area contributed by atoms with Crippen LogP contribution in [0.25, 0.3) is 0 Å². The van der Waals surface area contributed by atoms with Crippen LogP contribution < -0.4 is 14.8 Å². The third kappa shape index (κ3) is 4.94. The molecule has 1 atom stereocenters. The number of ether oxygens (including phenoxy) is 2. The largest absolute Gasteiger partial charge is 0.497 e. The van der Waals surface area contributed by atoms with Crippen molar-refractivity contribution in [1.82, 2.24) is 4.90 Å². The van der Waals surface area contributed by atoms with Crippen LogP contribution in [0, 0.1) is 0 Å². The van der Waals surface area contributed by atoms with Crippen LogP contribution in [-0.2, 0) is 4.79 Å². The van der Waals surface area contributed by atoms with Crippen LogP contribution in [-0.4, -0.2) is 50.3 Å². The van der Waals surface area contributed by atoms with E-state index >= 15 is 0 Å². The summed E-state index contributed by atoms with van der Waals surface area (Å²) in [5, 5.41) is 3.15. The molecule has 0 saturated carbocycles. The van der Waals surface area contributed by atoms with E-state index in [-0.39, 0.29) is 19.0 Å². The van der Waals surface area contributed by atoms with E-state index in [2.05, 4.69) is 5.32 Å². The highest BCUT2D eigenvalue weighted by molar-refractivity contribution is 5.77. The van der Waals surface area contributed by atoms with Gasteiger partial charge in [-0.1, -0.05) is 0 Å². The molecule has 1 aliphatic heterocycles. The molecule has 5 nitrogen and oxygen atoms in total. The number of likely N-dealkylation sites (tertiary alicyclic amines) is 1. The van der Waals surface area contributed by atoms with Gasteiger partial charge in [0.15, 0.2) is 0 Å². The van der Waals surface area contributed by atoms with Gasteiger partial charge in [0.05, 0.1) is 14.2 Å². The van der Waals surface area contributed by atoms with Crippen molar-refractivity contribution in [3.8, 4) is 11.5 Å². The van der Waals surface area contributed by atoms with E-state index in [1.807, 2.05) is 0 Å². The average molecular weight is 332 g/mol. The number of carbonyl (C=O) groups is 1. The predicted octanol–water partition coefficient (Wildman–Crippen LogP) is 2.67. The zero-order valence-electron chi connectivity index (χ0n) is 12.9. The summed E-state index contributed by atoms with van der Waals surface area (Å²) in [5.74, 6) is 0.681. The summed E-state index contributed by atoms with van der Waals surface area (Å²) in [5.41, 5.74) is 0.674. The first-order chi connectivity index (χ1) is 10.8. The molecule has 0 aliphatic carbocycles. The van der Waals surface area contributed by atoms with Crippen molar-refractivity contribution in [1.29, 1.82) is 0 Å². The van der Waals surface area contributed by atoms with Crippen LogP contribution in [0.2, 0.25) is 0 Å². The molecule has 1 N–H and O–H groups in total. The second kappa shape index (κ2) is 6.97. The summed E-state index contributed by atoms with van der Waals surface area (Å²) < 4.78 is 47.9. The maximum Gasteiger partial charge on any atom is 0.406 e. The summed E-state index contributed by atoms with van der Waals surface area (Å²) in [4.78, 5) is 12.5. The number of amides is 1. The van der Waals surface area contributed by atoms with Crippen molar-refractivity contribution < 1.29 is 27.4 Å². The third-order valence-electron chi connectivity index (χ3n) is 3.59. The van der Waals surface area contributed by atoms with Gasteiger partial charge in [-0.2, -0.15) is 13.2 Å². The highest BCUT2D eigenvalue weighted by Crippen LogP contribution is 2.28. The maximum absolute atomic E-state index is 12.5. The van der Waals surface area contributed by atoms with Gasteiger partial charge in [-0.25, -0.2) is 0 Å². The first-order valence-electron chi connectivity index (χ1n) is 7.15. The van der Waals surface area contributed by atoms with Crippen molar-refractivity contribution in [2.75, 3.05) is 32.6 Å². The van der Waals surface area contributed by atoms with E-state index in [0.717, 1.165) is 4.90 Å². The smallest absolute Gasteiger partial charge is 0.406 e. The lowest BCUT2D eigenvalue weighted by Crippen LogP contribution is -2.48. The summed E-state index contributed by atoms with van der Waals surface area (Å²) in [6.45, 7) is -1.21. The SMILES string of the molecule is COc1cc(NC2CCC(=O)N(CC(F)(F)F)C2)cc(OC)c1. The molecule has 1 saturated heterocycles. The predicted molar refractivity (Wildman–Crippen MR) is 78.8 cm³/mol. The Morgan fingerprint density at radius 3 is 2.35 bits per heavy atom. The molecule has 128 valence electrons. The van der Waals surface area contributed by atoms with Gasteiger partial charge in [0.1, 0.15) is 18.0 Å². The first kappa shape index (κ1) is 17.2.